The van der Waals surface area contributed by atoms with E-state index in [1.807, 2.05) is 96.4 Å². The number of aromatic nitrogens is 1. The van der Waals surface area contributed by atoms with Crippen molar-refractivity contribution in [3.63, 3.8) is 0 Å². The van der Waals surface area contributed by atoms with Crippen molar-refractivity contribution in [2.24, 2.45) is 0 Å². The number of β-lactam (4-membered cyclic amide) rings is 1. The maximum absolute atomic E-state index is 14.3. The molecule has 51 heavy (non-hydrogen) atoms. The fraction of sp³-hybridized carbons (Fsp3) is 0.132. The molecule has 2 amide bonds. The second-order valence-corrected chi connectivity index (χ2v) is 14.8. The van der Waals surface area contributed by atoms with Gasteiger partial charge in [-0.1, -0.05) is 115 Å². The van der Waals surface area contributed by atoms with Crippen LogP contribution in [0.1, 0.15) is 33.2 Å². The first-order chi connectivity index (χ1) is 24.4. The first-order valence-electron chi connectivity index (χ1n) is 15.6. The minimum atomic E-state index is -1.01. The molecule has 5 aromatic rings. The van der Waals surface area contributed by atoms with E-state index < -0.39 is 29.5 Å². The third-order valence-electron chi connectivity index (χ3n) is 8.20. The van der Waals surface area contributed by atoms with Crippen molar-refractivity contribution in [3.05, 3.63) is 153 Å². The molecule has 2 atom stereocenters. The average Bonchev–Trinajstić information content (AvgIpc) is 3.62. The van der Waals surface area contributed by atoms with Crippen molar-refractivity contribution < 1.29 is 29.0 Å². The standard InChI is InChI=1S/C38H29N3O6S3.K.H/c42-30(20-23-10-4-1-5-11-23)40-31-34(43)41-32(37(46)47-33(25-12-6-2-7-13-25)26-14-8-3-9-15-26)29(22-48-35(31)41)50-38-39-28(21-49-38)24-16-18-27(19-17-24)36(44)45;;/h1-19,21,31,33,35H,20,22H2,(H,40,42)(H,44,45);;/t31-,35-;;/m1../s1. The van der Waals surface area contributed by atoms with Gasteiger partial charge in [-0.3, -0.25) is 14.5 Å². The predicted molar refractivity (Wildman–Crippen MR) is 201 cm³/mol. The number of amides is 2. The van der Waals surface area contributed by atoms with Crippen molar-refractivity contribution in [3.8, 4) is 11.3 Å². The van der Waals surface area contributed by atoms with Crippen molar-refractivity contribution in [2.75, 3.05) is 5.75 Å². The van der Waals surface area contributed by atoms with Crippen LogP contribution in [-0.4, -0.2) is 107 Å². The number of carboxylic acid groups (broad SMARTS) is 1. The second kappa shape index (κ2) is 16.9. The fourth-order valence-corrected chi connectivity index (χ4v) is 9.20. The molecule has 1 aromatic heterocycles. The van der Waals surface area contributed by atoms with Crippen LogP contribution in [0.2, 0.25) is 0 Å². The molecule has 2 aliphatic heterocycles. The molecule has 13 heteroatoms. The maximum atomic E-state index is 14.3. The van der Waals surface area contributed by atoms with Crippen LogP contribution in [0.15, 0.2) is 136 Å². The molecule has 1 fully saturated rings. The molecule has 0 spiro atoms. The van der Waals surface area contributed by atoms with Crippen LogP contribution in [0.5, 0.6) is 0 Å². The van der Waals surface area contributed by atoms with Gasteiger partial charge < -0.3 is 15.2 Å². The molecule has 0 unspecified atom stereocenters. The third-order valence-corrected chi connectivity index (χ3v) is 11.7. The molecule has 3 heterocycles. The Balaban J connectivity index is 0.00000448. The Kier molecular flexibility index (Phi) is 12.3. The van der Waals surface area contributed by atoms with Gasteiger partial charge in [0.25, 0.3) is 5.91 Å². The predicted octanol–water partition coefficient (Wildman–Crippen LogP) is 6.14. The number of benzene rings is 4. The number of carbonyl (C=O) groups excluding carboxylic acids is 3. The first kappa shape index (κ1) is 37.2. The van der Waals surface area contributed by atoms with Gasteiger partial charge in [-0.2, -0.15) is 0 Å². The molecule has 9 nitrogen and oxygen atoms in total. The van der Waals surface area contributed by atoms with Gasteiger partial charge in [-0.05, 0) is 28.8 Å². The molecular formula is C38H30KN3O6S3. The number of carboxylic acids is 1. The van der Waals surface area contributed by atoms with Gasteiger partial charge in [0.05, 0.1) is 17.7 Å². The molecule has 2 aliphatic rings. The number of esters is 1. The van der Waals surface area contributed by atoms with Crippen LogP contribution in [-0.2, 0) is 25.5 Å². The summed E-state index contributed by atoms with van der Waals surface area (Å²) >= 11 is 4.14. The van der Waals surface area contributed by atoms with E-state index in [1.165, 1.54) is 51.9 Å². The average molecular weight is 760 g/mol. The van der Waals surface area contributed by atoms with E-state index in [9.17, 15) is 24.3 Å². The van der Waals surface area contributed by atoms with Crippen LogP contribution >= 0.6 is 34.9 Å². The van der Waals surface area contributed by atoms with E-state index in [1.54, 1.807) is 12.1 Å². The number of carbonyl (C=O) groups is 4. The van der Waals surface area contributed by atoms with E-state index in [0.717, 1.165) is 22.3 Å². The van der Waals surface area contributed by atoms with Crippen molar-refractivity contribution in [2.45, 2.75) is 28.3 Å². The van der Waals surface area contributed by atoms with Gasteiger partial charge in [-0.25, -0.2) is 14.6 Å². The summed E-state index contributed by atoms with van der Waals surface area (Å²) < 4.78 is 6.91. The Morgan fingerprint density at radius 2 is 1.51 bits per heavy atom. The van der Waals surface area contributed by atoms with E-state index >= 15 is 0 Å². The number of fused-ring (bicyclic) bond motifs is 1. The Hall–Kier alpha value is -3.53. The Morgan fingerprint density at radius 1 is 0.902 bits per heavy atom. The van der Waals surface area contributed by atoms with Crippen LogP contribution in [0.3, 0.4) is 0 Å². The van der Waals surface area contributed by atoms with E-state index in [4.69, 9.17) is 9.72 Å². The SMILES string of the molecule is O=C(Cc1ccccc1)N[C@@H]1C(=O)N2C(C(=O)OC(c3ccccc3)c3ccccc3)=C(Sc3nc(-c4ccc(C(=O)O)cc4)cs3)CS[C@H]12.[KH]. The number of hydrogen-bond acceptors (Lipinski definition) is 9. The third kappa shape index (κ3) is 8.42. The van der Waals surface area contributed by atoms with Gasteiger partial charge >= 0.3 is 63.3 Å². The summed E-state index contributed by atoms with van der Waals surface area (Å²) in [5.41, 5.74) is 4.13. The summed E-state index contributed by atoms with van der Waals surface area (Å²) in [5, 5.41) is 13.5. The molecular weight excluding hydrogens is 730 g/mol. The van der Waals surface area contributed by atoms with E-state index in [2.05, 4.69) is 5.32 Å². The van der Waals surface area contributed by atoms with Crippen LogP contribution in [0.4, 0.5) is 0 Å². The number of nitrogens with one attached hydrogen (secondary N) is 1. The van der Waals surface area contributed by atoms with Crippen molar-refractivity contribution in [1.29, 1.82) is 0 Å². The Bertz CT molecular complexity index is 2040. The number of nitrogens with zero attached hydrogens (tertiary/aromatic N) is 2. The summed E-state index contributed by atoms with van der Waals surface area (Å²) in [5.74, 6) is -1.94. The van der Waals surface area contributed by atoms with Gasteiger partial charge in [-0.15, -0.1) is 23.1 Å². The van der Waals surface area contributed by atoms with Crippen molar-refractivity contribution in [1.82, 2.24) is 15.2 Å². The van der Waals surface area contributed by atoms with Crippen LogP contribution in [0.25, 0.3) is 11.3 Å². The molecule has 0 aliphatic carbocycles. The topological polar surface area (TPSA) is 126 Å². The molecule has 2 N–H and O–H groups in total. The fourth-order valence-electron chi connectivity index (χ4n) is 5.74. The number of aromatic carboxylic acids is 1. The normalized spacial score (nSPS) is 16.5. The summed E-state index contributed by atoms with van der Waals surface area (Å²) in [6, 6.07) is 33.8. The molecule has 0 radical (unpaired) electrons. The number of thioether (sulfide) groups is 2. The van der Waals surface area contributed by atoms with Gasteiger partial charge in [0.1, 0.15) is 17.1 Å². The zero-order valence-corrected chi connectivity index (χ0v) is 28.8. The zero-order chi connectivity index (χ0) is 34.6. The first-order valence-corrected chi connectivity index (χ1v) is 18.4. The summed E-state index contributed by atoms with van der Waals surface area (Å²) in [6.45, 7) is 0. The summed E-state index contributed by atoms with van der Waals surface area (Å²) in [7, 11) is 0. The minimum absolute atomic E-state index is 0. The molecule has 7 rings (SSSR count). The monoisotopic (exact) mass is 759 g/mol. The van der Waals surface area contributed by atoms with Gasteiger partial charge in [0, 0.05) is 21.6 Å². The number of rotatable bonds is 11. The van der Waals surface area contributed by atoms with Gasteiger partial charge in [0.2, 0.25) is 5.91 Å². The Labute approximate surface area is 349 Å². The molecule has 4 aromatic carbocycles. The van der Waals surface area contributed by atoms with E-state index in [-0.39, 0.29) is 80.9 Å². The van der Waals surface area contributed by atoms with Crippen LogP contribution < -0.4 is 5.32 Å². The summed E-state index contributed by atoms with van der Waals surface area (Å²) in [6.07, 6.45) is -0.593. The second-order valence-electron chi connectivity index (χ2n) is 11.5. The number of hydrogen-bond donors (Lipinski definition) is 2. The number of ether oxygens (including phenoxy) is 1. The molecule has 252 valence electrons. The van der Waals surface area contributed by atoms with Gasteiger partial charge in [0.15, 0.2) is 10.4 Å². The quantitative estimate of drug-likeness (QED) is 0.0929. The molecule has 0 bridgehead atoms. The molecule has 1 saturated heterocycles. The number of thiazole rings is 1. The molecule has 0 saturated carbocycles. The van der Waals surface area contributed by atoms with Crippen LogP contribution in [0, 0.1) is 0 Å². The van der Waals surface area contributed by atoms with E-state index in [0.29, 0.717) is 20.7 Å². The Morgan fingerprint density at radius 3 is 2.12 bits per heavy atom. The summed E-state index contributed by atoms with van der Waals surface area (Å²) in [4.78, 5) is 59.2. The zero-order valence-electron chi connectivity index (χ0n) is 26.3. The van der Waals surface area contributed by atoms with Crippen molar-refractivity contribution >= 4 is 110 Å².